The molecule has 0 amide bonds. The van der Waals surface area contributed by atoms with E-state index in [2.05, 4.69) is 40.4 Å². The summed E-state index contributed by atoms with van der Waals surface area (Å²) < 4.78 is 5.36. The SMILES string of the molecule is COc1ccc2c(c1)C(N1CCNCC1)CN2C. The Morgan fingerprint density at radius 3 is 2.78 bits per heavy atom. The largest absolute Gasteiger partial charge is 0.497 e. The first-order valence-electron chi connectivity index (χ1n) is 6.63. The van der Waals surface area contributed by atoms with Crippen LogP contribution < -0.4 is 15.0 Å². The molecule has 18 heavy (non-hydrogen) atoms. The summed E-state index contributed by atoms with van der Waals surface area (Å²) in [5, 5.41) is 3.42. The minimum atomic E-state index is 0.516. The van der Waals surface area contributed by atoms with Gasteiger partial charge in [-0.3, -0.25) is 4.90 Å². The number of fused-ring (bicyclic) bond motifs is 1. The highest BCUT2D eigenvalue weighted by Gasteiger charge is 2.31. The van der Waals surface area contributed by atoms with E-state index in [0.717, 1.165) is 38.5 Å². The van der Waals surface area contributed by atoms with Crippen LogP contribution >= 0.6 is 0 Å². The minimum Gasteiger partial charge on any atom is -0.497 e. The highest BCUT2D eigenvalue weighted by Crippen LogP contribution is 2.39. The van der Waals surface area contributed by atoms with Gasteiger partial charge < -0.3 is 15.0 Å². The number of nitrogens with one attached hydrogen (secondary N) is 1. The van der Waals surface area contributed by atoms with Gasteiger partial charge in [0.25, 0.3) is 0 Å². The molecule has 3 rings (SSSR count). The molecule has 98 valence electrons. The lowest BCUT2D eigenvalue weighted by Gasteiger charge is -2.33. The summed E-state index contributed by atoms with van der Waals surface area (Å²) in [4.78, 5) is 4.93. The molecule has 0 aliphatic carbocycles. The Morgan fingerprint density at radius 2 is 2.06 bits per heavy atom. The van der Waals surface area contributed by atoms with Crippen LogP contribution in [0.1, 0.15) is 11.6 Å². The maximum atomic E-state index is 5.36. The first-order valence-corrected chi connectivity index (χ1v) is 6.63. The molecule has 4 nitrogen and oxygen atoms in total. The molecule has 1 fully saturated rings. The van der Waals surface area contributed by atoms with E-state index in [-0.39, 0.29) is 0 Å². The van der Waals surface area contributed by atoms with Crippen molar-refractivity contribution in [2.24, 2.45) is 0 Å². The number of hydrogen-bond acceptors (Lipinski definition) is 4. The highest BCUT2D eigenvalue weighted by molar-refractivity contribution is 5.61. The number of rotatable bonds is 2. The van der Waals surface area contributed by atoms with Gasteiger partial charge in [0.1, 0.15) is 5.75 Å². The van der Waals surface area contributed by atoms with Gasteiger partial charge in [-0.2, -0.15) is 0 Å². The molecule has 1 N–H and O–H groups in total. The number of piperazine rings is 1. The van der Waals surface area contributed by atoms with Crippen LogP contribution in [0.4, 0.5) is 5.69 Å². The first kappa shape index (κ1) is 11.8. The second-order valence-corrected chi connectivity index (χ2v) is 5.11. The van der Waals surface area contributed by atoms with E-state index in [9.17, 15) is 0 Å². The molecule has 2 heterocycles. The second-order valence-electron chi connectivity index (χ2n) is 5.11. The summed E-state index contributed by atoms with van der Waals surface area (Å²) in [6.45, 7) is 5.55. The number of likely N-dealkylation sites (N-methyl/N-ethyl adjacent to an activating group) is 1. The molecule has 0 bridgehead atoms. The number of hydrogen-bond donors (Lipinski definition) is 1. The van der Waals surface area contributed by atoms with Crippen molar-refractivity contribution in [2.75, 3.05) is 51.8 Å². The Labute approximate surface area is 109 Å². The number of methoxy groups -OCH3 is 1. The molecule has 1 atom stereocenters. The predicted octanol–water partition coefficient (Wildman–Crippen LogP) is 1.09. The van der Waals surface area contributed by atoms with Crippen LogP contribution in [0.15, 0.2) is 18.2 Å². The quantitative estimate of drug-likeness (QED) is 0.847. The molecule has 4 heteroatoms. The normalized spacial score (nSPS) is 24.1. The lowest BCUT2D eigenvalue weighted by atomic mass is 10.1. The molecule has 1 aromatic rings. The van der Waals surface area contributed by atoms with Gasteiger partial charge in [0.15, 0.2) is 0 Å². The second kappa shape index (κ2) is 4.78. The Hall–Kier alpha value is -1.26. The summed E-state index contributed by atoms with van der Waals surface area (Å²) in [6, 6.07) is 6.94. The molecule has 2 aliphatic rings. The summed E-state index contributed by atoms with van der Waals surface area (Å²) in [5.74, 6) is 0.962. The van der Waals surface area contributed by atoms with Crippen molar-refractivity contribution in [1.82, 2.24) is 10.2 Å². The number of benzene rings is 1. The average molecular weight is 247 g/mol. The number of ether oxygens (including phenoxy) is 1. The summed E-state index contributed by atoms with van der Waals surface area (Å²) in [7, 11) is 3.91. The molecular weight excluding hydrogens is 226 g/mol. The van der Waals surface area contributed by atoms with Gasteiger partial charge in [-0.15, -0.1) is 0 Å². The summed E-state index contributed by atoms with van der Waals surface area (Å²) in [6.07, 6.45) is 0. The predicted molar refractivity (Wildman–Crippen MR) is 73.4 cm³/mol. The molecule has 0 radical (unpaired) electrons. The smallest absolute Gasteiger partial charge is 0.119 e. The van der Waals surface area contributed by atoms with Crippen molar-refractivity contribution in [3.05, 3.63) is 23.8 Å². The van der Waals surface area contributed by atoms with Gasteiger partial charge >= 0.3 is 0 Å². The van der Waals surface area contributed by atoms with E-state index in [1.165, 1.54) is 11.3 Å². The fraction of sp³-hybridized carbons (Fsp3) is 0.571. The van der Waals surface area contributed by atoms with Crippen LogP contribution in [0, 0.1) is 0 Å². The Balaban J connectivity index is 1.90. The third-order valence-electron chi connectivity index (χ3n) is 4.04. The maximum Gasteiger partial charge on any atom is 0.119 e. The molecule has 1 saturated heterocycles. The fourth-order valence-electron chi connectivity index (χ4n) is 3.04. The van der Waals surface area contributed by atoms with E-state index in [0.29, 0.717) is 6.04 Å². The lowest BCUT2D eigenvalue weighted by Crippen LogP contribution is -2.46. The zero-order valence-corrected chi connectivity index (χ0v) is 11.1. The third-order valence-corrected chi connectivity index (χ3v) is 4.04. The van der Waals surface area contributed by atoms with Crippen LogP contribution in [0.25, 0.3) is 0 Å². The van der Waals surface area contributed by atoms with Gasteiger partial charge in [-0.05, 0) is 23.8 Å². The van der Waals surface area contributed by atoms with Crippen molar-refractivity contribution in [2.45, 2.75) is 6.04 Å². The Bertz CT molecular complexity index is 429. The van der Waals surface area contributed by atoms with E-state index in [1.807, 2.05) is 0 Å². The van der Waals surface area contributed by atoms with Crippen molar-refractivity contribution in [3.8, 4) is 5.75 Å². The first-order chi connectivity index (χ1) is 8.79. The molecule has 0 spiro atoms. The number of anilines is 1. The zero-order valence-electron chi connectivity index (χ0n) is 11.1. The summed E-state index contributed by atoms with van der Waals surface area (Å²) >= 11 is 0. The molecule has 0 saturated carbocycles. The van der Waals surface area contributed by atoms with Crippen LogP contribution in [0.5, 0.6) is 5.75 Å². The Kier molecular flexibility index (Phi) is 3.14. The average Bonchev–Trinajstić information content (AvgIpc) is 2.76. The van der Waals surface area contributed by atoms with E-state index >= 15 is 0 Å². The topological polar surface area (TPSA) is 27.7 Å². The maximum absolute atomic E-state index is 5.36. The van der Waals surface area contributed by atoms with Gasteiger partial charge in [0.05, 0.1) is 13.2 Å². The van der Waals surface area contributed by atoms with Gasteiger partial charge in [-0.1, -0.05) is 0 Å². The standard InChI is InChI=1S/C14H21N3O/c1-16-10-14(17-7-5-15-6-8-17)12-9-11(18-2)3-4-13(12)16/h3-4,9,14-15H,5-8,10H2,1-2H3. The van der Waals surface area contributed by atoms with Crippen LogP contribution in [-0.2, 0) is 0 Å². The van der Waals surface area contributed by atoms with Gasteiger partial charge in [0.2, 0.25) is 0 Å². The van der Waals surface area contributed by atoms with E-state index in [4.69, 9.17) is 4.74 Å². The van der Waals surface area contributed by atoms with Crippen molar-refractivity contribution < 1.29 is 4.74 Å². The minimum absolute atomic E-state index is 0.516. The van der Waals surface area contributed by atoms with Crippen LogP contribution in [0.2, 0.25) is 0 Å². The van der Waals surface area contributed by atoms with Crippen LogP contribution in [-0.4, -0.2) is 51.8 Å². The monoisotopic (exact) mass is 247 g/mol. The number of nitrogens with zero attached hydrogens (tertiary/aromatic N) is 2. The van der Waals surface area contributed by atoms with Gasteiger partial charge in [0, 0.05) is 45.5 Å². The molecular formula is C14H21N3O. The van der Waals surface area contributed by atoms with Gasteiger partial charge in [-0.25, -0.2) is 0 Å². The fourth-order valence-corrected chi connectivity index (χ4v) is 3.04. The Morgan fingerprint density at radius 1 is 1.28 bits per heavy atom. The van der Waals surface area contributed by atoms with Crippen molar-refractivity contribution >= 4 is 5.69 Å². The van der Waals surface area contributed by atoms with Crippen molar-refractivity contribution in [1.29, 1.82) is 0 Å². The zero-order chi connectivity index (χ0) is 12.5. The third kappa shape index (κ3) is 1.95. The van der Waals surface area contributed by atoms with Crippen LogP contribution in [0.3, 0.4) is 0 Å². The molecule has 1 aromatic carbocycles. The molecule has 1 unspecified atom stereocenters. The lowest BCUT2D eigenvalue weighted by molar-refractivity contribution is 0.183. The van der Waals surface area contributed by atoms with E-state index in [1.54, 1.807) is 7.11 Å². The van der Waals surface area contributed by atoms with Crippen molar-refractivity contribution in [3.63, 3.8) is 0 Å². The summed E-state index contributed by atoms with van der Waals surface area (Å²) in [5.41, 5.74) is 2.76. The molecule has 2 aliphatic heterocycles. The van der Waals surface area contributed by atoms with E-state index < -0.39 is 0 Å². The molecule has 0 aromatic heterocycles. The highest BCUT2D eigenvalue weighted by atomic mass is 16.5.